The molecule has 18 heavy (non-hydrogen) atoms. The number of nitrogens with one attached hydrogen (secondary N) is 1. The van der Waals surface area contributed by atoms with Crippen molar-refractivity contribution in [3.63, 3.8) is 0 Å². The first-order valence-electron chi connectivity index (χ1n) is 5.86. The predicted octanol–water partition coefficient (Wildman–Crippen LogP) is 4.45. The van der Waals surface area contributed by atoms with Crippen LogP contribution in [0.2, 0.25) is 0 Å². The summed E-state index contributed by atoms with van der Waals surface area (Å²) in [5.41, 5.74) is 2.74. The van der Waals surface area contributed by atoms with Crippen molar-refractivity contribution in [2.75, 3.05) is 6.54 Å². The molecule has 0 bridgehead atoms. The Hall–Kier alpha value is -0.580. The molecule has 0 amide bonds. The molecule has 1 aromatic heterocycles. The molecule has 0 radical (unpaired) electrons. The van der Waals surface area contributed by atoms with Crippen LogP contribution in [0.3, 0.4) is 0 Å². The second-order valence-electron chi connectivity index (χ2n) is 4.19. The fraction of sp³-hybridized carbons (Fsp3) is 0.286. The van der Waals surface area contributed by atoms with Gasteiger partial charge in [0.1, 0.15) is 5.76 Å². The quantitative estimate of drug-likeness (QED) is 0.784. The number of hydrogen-bond donors (Lipinski definition) is 1. The van der Waals surface area contributed by atoms with E-state index in [4.69, 9.17) is 4.42 Å². The standard InChI is InChI=1S/C14H15Br2NO/c1-10-4-2-3-5-11(10)6-7-17-9-12-8-13(15)14(16)18-12/h2-5,8,17H,6-7,9H2,1H3. The molecule has 0 aliphatic carbocycles. The van der Waals surface area contributed by atoms with Gasteiger partial charge in [0.25, 0.3) is 0 Å². The molecule has 0 fully saturated rings. The summed E-state index contributed by atoms with van der Waals surface area (Å²) in [4.78, 5) is 0. The van der Waals surface area contributed by atoms with Gasteiger partial charge in [-0.25, -0.2) is 0 Å². The topological polar surface area (TPSA) is 25.2 Å². The van der Waals surface area contributed by atoms with Crippen molar-refractivity contribution in [2.45, 2.75) is 19.9 Å². The van der Waals surface area contributed by atoms with Gasteiger partial charge in [0.05, 0.1) is 11.0 Å². The Morgan fingerprint density at radius 3 is 2.67 bits per heavy atom. The third-order valence-corrected chi connectivity index (χ3v) is 4.54. The van der Waals surface area contributed by atoms with E-state index in [-0.39, 0.29) is 0 Å². The number of aryl methyl sites for hydroxylation is 1. The van der Waals surface area contributed by atoms with Crippen molar-refractivity contribution in [3.05, 3.63) is 56.4 Å². The van der Waals surface area contributed by atoms with Crippen LogP contribution in [-0.2, 0) is 13.0 Å². The lowest BCUT2D eigenvalue weighted by molar-refractivity contribution is 0.465. The van der Waals surface area contributed by atoms with Crippen molar-refractivity contribution in [2.24, 2.45) is 0 Å². The van der Waals surface area contributed by atoms with Gasteiger partial charge >= 0.3 is 0 Å². The van der Waals surface area contributed by atoms with E-state index in [1.54, 1.807) is 0 Å². The molecular weight excluding hydrogens is 358 g/mol. The van der Waals surface area contributed by atoms with Crippen molar-refractivity contribution in [1.29, 1.82) is 0 Å². The lowest BCUT2D eigenvalue weighted by Crippen LogP contribution is -2.16. The molecule has 0 saturated heterocycles. The molecule has 2 nitrogen and oxygen atoms in total. The average Bonchev–Trinajstić information content (AvgIpc) is 2.66. The number of halogens is 2. The molecule has 0 aliphatic heterocycles. The van der Waals surface area contributed by atoms with Gasteiger partial charge in [-0.15, -0.1) is 0 Å². The van der Waals surface area contributed by atoms with Crippen LogP contribution < -0.4 is 5.32 Å². The van der Waals surface area contributed by atoms with Crippen LogP contribution in [0.1, 0.15) is 16.9 Å². The summed E-state index contributed by atoms with van der Waals surface area (Å²) in [6, 6.07) is 10.5. The fourth-order valence-electron chi connectivity index (χ4n) is 1.80. The zero-order chi connectivity index (χ0) is 13.0. The van der Waals surface area contributed by atoms with Crippen molar-refractivity contribution < 1.29 is 4.42 Å². The molecule has 96 valence electrons. The second-order valence-corrected chi connectivity index (χ2v) is 5.76. The average molecular weight is 373 g/mol. The van der Waals surface area contributed by atoms with E-state index in [0.29, 0.717) is 0 Å². The summed E-state index contributed by atoms with van der Waals surface area (Å²) in [5.74, 6) is 0.929. The molecule has 0 spiro atoms. The SMILES string of the molecule is Cc1ccccc1CCNCc1cc(Br)c(Br)o1. The molecule has 0 saturated carbocycles. The third-order valence-electron chi connectivity index (χ3n) is 2.83. The Morgan fingerprint density at radius 1 is 1.22 bits per heavy atom. The number of furan rings is 1. The molecule has 4 heteroatoms. The lowest BCUT2D eigenvalue weighted by Gasteiger charge is -2.06. The van der Waals surface area contributed by atoms with Crippen LogP contribution in [0, 0.1) is 6.92 Å². The molecular formula is C14H15Br2NO. The maximum Gasteiger partial charge on any atom is 0.183 e. The predicted molar refractivity (Wildman–Crippen MR) is 80.7 cm³/mol. The van der Waals surface area contributed by atoms with Crippen LogP contribution in [0.25, 0.3) is 0 Å². The van der Waals surface area contributed by atoms with E-state index in [9.17, 15) is 0 Å². The van der Waals surface area contributed by atoms with Crippen molar-refractivity contribution in [3.8, 4) is 0 Å². The van der Waals surface area contributed by atoms with Crippen LogP contribution in [0.5, 0.6) is 0 Å². The summed E-state index contributed by atoms with van der Waals surface area (Å²) in [5, 5.41) is 3.38. The van der Waals surface area contributed by atoms with Crippen LogP contribution >= 0.6 is 31.9 Å². The molecule has 0 aliphatic rings. The highest BCUT2D eigenvalue weighted by atomic mass is 79.9. The first-order chi connectivity index (χ1) is 8.66. The number of hydrogen-bond acceptors (Lipinski definition) is 2. The first-order valence-corrected chi connectivity index (χ1v) is 7.44. The number of rotatable bonds is 5. The van der Waals surface area contributed by atoms with E-state index in [1.165, 1.54) is 11.1 Å². The van der Waals surface area contributed by atoms with Crippen molar-refractivity contribution >= 4 is 31.9 Å². The first kappa shape index (κ1) is 13.8. The van der Waals surface area contributed by atoms with Crippen LogP contribution in [0.15, 0.2) is 43.9 Å². The molecule has 1 heterocycles. The van der Waals surface area contributed by atoms with E-state index in [0.717, 1.165) is 34.4 Å². The van der Waals surface area contributed by atoms with Crippen LogP contribution in [-0.4, -0.2) is 6.54 Å². The Bertz CT molecular complexity index is 503. The van der Waals surface area contributed by atoms with Gasteiger partial charge < -0.3 is 9.73 Å². The van der Waals surface area contributed by atoms with E-state index < -0.39 is 0 Å². The second kappa shape index (κ2) is 6.55. The van der Waals surface area contributed by atoms with Gasteiger partial charge in [-0.3, -0.25) is 0 Å². The normalized spacial score (nSPS) is 10.8. The molecule has 2 rings (SSSR count). The van der Waals surface area contributed by atoms with Gasteiger partial charge in [0, 0.05) is 0 Å². The zero-order valence-corrected chi connectivity index (χ0v) is 13.3. The molecule has 1 aromatic carbocycles. The Balaban J connectivity index is 1.78. The van der Waals surface area contributed by atoms with E-state index in [1.807, 2.05) is 6.07 Å². The fourth-order valence-corrected chi connectivity index (χ4v) is 2.46. The smallest absolute Gasteiger partial charge is 0.183 e. The third kappa shape index (κ3) is 3.70. The van der Waals surface area contributed by atoms with Gasteiger partial charge in [-0.05, 0) is 68.9 Å². The molecule has 0 unspecified atom stereocenters. The summed E-state index contributed by atoms with van der Waals surface area (Å²) in [7, 11) is 0. The minimum absolute atomic E-state index is 0.746. The Kier molecular flexibility index (Phi) is 5.03. The largest absolute Gasteiger partial charge is 0.452 e. The number of benzene rings is 1. The lowest BCUT2D eigenvalue weighted by atomic mass is 10.1. The van der Waals surface area contributed by atoms with Gasteiger partial charge in [0.2, 0.25) is 0 Å². The zero-order valence-electron chi connectivity index (χ0n) is 10.2. The maximum atomic E-state index is 5.50. The maximum absolute atomic E-state index is 5.50. The van der Waals surface area contributed by atoms with Gasteiger partial charge in [0.15, 0.2) is 4.67 Å². The minimum Gasteiger partial charge on any atom is -0.452 e. The van der Waals surface area contributed by atoms with Crippen molar-refractivity contribution in [1.82, 2.24) is 5.32 Å². The minimum atomic E-state index is 0.746. The van der Waals surface area contributed by atoms with Gasteiger partial charge in [-0.1, -0.05) is 24.3 Å². The Labute approximate surface area is 124 Å². The van der Waals surface area contributed by atoms with E-state index >= 15 is 0 Å². The Morgan fingerprint density at radius 2 is 2.00 bits per heavy atom. The van der Waals surface area contributed by atoms with E-state index in [2.05, 4.69) is 68.4 Å². The summed E-state index contributed by atoms with van der Waals surface area (Å²) < 4.78 is 7.20. The monoisotopic (exact) mass is 371 g/mol. The van der Waals surface area contributed by atoms with Gasteiger partial charge in [-0.2, -0.15) is 0 Å². The highest BCUT2D eigenvalue weighted by molar-refractivity contribution is 9.13. The van der Waals surface area contributed by atoms with Crippen LogP contribution in [0.4, 0.5) is 0 Å². The highest BCUT2D eigenvalue weighted by Gasteiger charge is 2.05. The summed E-state index contributed by atoms with van der Waals surface area (Å²) >= 11 is 6.73. The summed E-state index contributed by atoms with van der Waals surface area (Å²) in [6.45, 7) is 3.84. The summed E-state index contributed by atoms with van der Waals surface area (Å²) in [6.07, 6.45) is 1.04. The molecule has 1 N–H and O–H groups in total. The highest BCUT2D eigenvalue weighted by Crippen LogP contribution is 2.26. The molecule has 2 aromatic rings. The molecule has 0 atom stereocenters.